The molecule has 1 saturated heterocycles. The number of nitrogens with zero attached hydrogens (tertiary/aromatic N) is 3. The molecule has 160 valence electrons. The molecule has 2 atom stereocenters. The molecule has 3 aromatic rings. The number of para-hydroxylation sites is 2. The third-order valence-electron chi connectivity index (χ3n) is 6.17. The van der Waals surface area contributed by atoms with E-state index in [9.17, 15) is 4.79 Å². The Kier molecular flexibility index (Phi) is 4.40. The van der Waals surface area contributed by atoms with Gasteiger partial charge in [0.2, 0.25) is 0 Å². The number of benzene rings is 3. The summed E-state index contributed by atoms with van der Waals surface area (Å²) < 4.78 is 11.9. The van der Waals surface area contributed by atoms with Crippen molar-refractivity contribution in [2.24, 2.45) is 5.10 Å². The summed E-state index contributed by atoms with van der Waals surface area (Å²) in [6.45, 7) is 0. The zero-order valence-electron chi connectivity index (χ0n) is 17.5. The summed E-state index contributed by atoms with van der Waals surface area (Å²) in [5.41, 5.74) is 3.89. The van der Waals surface area contributed by atoms with Gasteiger partial charge in [0.1, 0.15) is 11.5 Å². The first-order chi connectivity index (χ1) is 15.7. The molecule has 7 heteroatoms. The number of methoxy groups -OCH3 is 1. The third-order valence-corrected chi connectivity index (χ3v) is 7.12. The SMILES string of the molecule is COc1ccc(C2=NN3[C@H](C2)c2ccccc2O[C@]32CSC(=O)N2c2ccccc2)cc1. The number of hydrogen-bond acceptors (Lipinski definition) is 6. The normalized spacial score (nSPS) is 23.6. The zero-order chi connectivity index (χ0) is 21.7. The van der Waals surface area contributed by atoms with Crippen LogP contribution in [0.4, 0.5) is 10.5 Å². The van der Waals surface area contributed by atoms with E-state index in [1.807, 2.05) is 77.8 Å². The maximum Gasteiger partial charge on any atom is 0.296 e. The van der Waals surface area contributed by atoms with Crippen molar-refractivity contribution < 1.29 is 14.3 Å². The number of hydrogen-bond donors (Lipinski definition) is 0. The summed E-state index contributed by atoms with van der Waals surface area (Å²) in [4.78, 5) is 14.8. The number of carbonyl (C=O) groups is 1. The van der Waals surface area contributed by atoms with Gasteiger partial charge in [-0.15, -0.1) is 0 Å². The first-order valence-corrected chi connectivity index (χ1v) is 11.5. The Morgan fingerprint density at radius 2 is 1.78 bits per heavy atom. The monoisotopic (exact) mass is 443 g/mol. The molecular weight excluding hydrogens is 422 g/mol. The number of anilines is 1. The lowest BCUT2D eigenvalue weighted by Gasteiger charge is -2.48. The number of rotatable bonds is 3. The predicted octanol–water partition coefficient (Wildman–Crippen LogP) is 5.27. The molecule has 32 heavy (non-hydrogen) atoms. The Balaban J connectivity index is 1.49. The average Bonchev–Trinajstić information content (AvgIpc) is 3.43. The maximum atomic E-state index is 13.1. The molecule has 3 aliphatic rings. The highest BCUT2D eigenvalue weighted by atomic mass is 32.2. The van der Waals surface area contributed by atoms with Gasteiger partial charge < -0.3 is 9.47 Å². The highest BCUT2D eigenvalue weighted by Crippen LogP contribution is 2.52. The quantitative estimate of drug-likeness (QED) is 0.552. The van der Waals surface area contributed by atoms with Crippen molar-refractivity contribution >= 4 is 28.4 Å². The molecular formula is C25H21N3O3S. The van der Waals surface area contributed by atoms with Crippen LogP contribution in [0.5, 0.6) is 11.5 Å². The summed E-state index contributed by atoms with van der Waals surface area (Å²) >= 11 is 1.27. The van der Waals surface area contributed by atoms with Gasteiger partial charge in [-0.25, -0.2) is 9.91 Å². The van der Waals surface area contributed by atoms with Gasteiger partial charge in [0.15, 0.2) is 0 Å². The maximum absolute atomic E-state index is 13.1. The van der Waals surface area contributed by atoms with Crippen LogP contribution in [-0.2, 0) is 0 Å². The molecule has 0 bridgehead atoms. The Morgan fingerprint density at radius 3 is 2.56 bits per heavy atom. The number of fused-ring (bicyclic) bond motifs is 4. The third kappa shape index (κ3) is 2.81. The lowest BCUT2D eigenvalue weighted by atomic mass is 9.96. The number of carbonyl (C=O) groups excluding carboxylic acids is 1. The van der Waals surface area contributed by atoms with E-state index in [-0.39, 0.29) is 11.3 Å². The molecule has 0 radical (unpaired) electrons. The van der Waals surface area contributed by atoms with Crippen molar-refractivity contribution in [3.63, 3.8) is 0 Å². The molecule has 1 fully saturated rings. The molecule has 0 aliphatic carbocycles. The zero-order valence-corrected chi connectivity index (χ0v) is 18.3. The van der Waals surface area contributed by atoms with Crippen molar-refractivity contribution in [1.82, 2.24) is 5.01 Å². The Morgan fingerprint density at radius 1 is 1.03 bits per heavy atom. The van der Waals surface area contributed by atoms with E-state index in [0.29, 0.717) is 5.75 Å². The fraction of sp³-hybridized carbons (Fsp3) is 0.200. The topological polar surface area (TPSA) is 54.4 Å². The highest BCUT2D eigenvalue weighted by molar-refractivity contribution is 8.14. The van der Waals surface area contributed by atoms with Gasteiger partial charge in [0.05, 0.1) is 30.3 Å². The fourth-order valence-electron chi connectivity index (χ4n) is 4.66. The Bertz CT molecular complexity index is 1210. The van der Waals surface area contributed by atoms with Crippen LogP contribution in [0.1, 0.15) is 23.6 Å². The molecule has 0 saturated carbocycles. The van der Waals surface area contributed by atoms with Crippen LogP contribution in [0, 0.1) is 0 Å². The van der Waals surface area contributed by atoms with Gasteiger partial charge >= 0.3 is 0 Å². The predicted molar refractivity (Wildman–Crippen MR) is 125 cm³/mol. The molecule has 3 aliphatic heterocycles. The second kappa shape index (κ2) is 7.31. The summed E-state index contributed by atoms with van der Waals surface area (Å²) in [5.74, 6) is 1.06. The first-order valence-electron chi connectivity index (χ1n) is 10.5. The van der Waals surface area contributed by atoms with Gasteiger partial charge in [-0.3, -0.25) is 4.79 Å². The van der Waals surface area contributed by atoms with Gasteiger partial charge in [0, 0.05) is 12.0 Å². The molecule has 1 amide bonds. The van der Waals surface area contributed by atoms with E-state index in [0.717, 1.165) is 40.4 Å². The van der Waals surface area contributed by atoms with Gasteiger partial charge in [-0.1, -0.05) is 48.2 Å². The summed E-state index contributed by atoms with van der Waals surface area (Å²) in [7, 11) is 1.66. The molecule has 0 aromatic heterocycles. The van der Waals surface area contributed by atoms with Crippen LogP contribution in [-0.4, -0.2) is 34.7 Å². The lowest BCUT2D eigenvalue weighted by Crippen LogP contribution is -2.64. The Labute approximate surface area is 190 Å². The van der Waals surface area contributed by atoms with E-state index in [4.69, 9.17) is 14.6 Å². The van der Waals surface area contributed by atoms with Crippen molar-refractivity contribution in [3.05, 3.63) is 90.0 Å². The molecule has 0 unspecified atom stereocenters. The van der Waals surface area contributed by atoms with Crippen molar-refractivity contribution in [2.75, 3.05) is 17.8 Å². The van der Waals surface area contributed by atoms with E-state index >= 15 is 0 Å². The van der Waals surface area contributed by atoms with Crippen molar-refractivity contribution in [3.8, 4) is 11.5 Å². The standard InChI is InChI=1S/C25H21N3O3S/c1-30-19-13-11-17(12-14-19)21-15-22-20-9-5-6-10-23(20)31-25(28(22)26-21)16-32-24(29)27(25)18-7-3-2-4-8-18/h2-14,22H,15-16H2,1H3/t22-,25+/m1/s1. The smallest absolute Gasteiger partial charge is 0.296 e. The summed E-state index contributed by atoms with van der Waals surface area (Å²) in [6.07, 6.45) is 0.732. The minimum atomic E-state index is -1.02. The van der Waals surface area contributed by atoms with Gasteiger partial charge in [-0.2, -0.15) is 5.10 Å². The van der Waals surface area contributed by atoms with Crippen LogP contribution >= 0.6 is 11.8 Å². The van der Waals surface area contributed by atoms with E-state index in [2.05, 4.69) is 6.07 Å². The lowest BCUT2D eigenvalue weighted by molar-refractivity contribution is -0.0927. The van der Waals surface area contributed by atoms with Crippen LogP contribution in [0.2, 0.25) is 0 Å². The highest BCUT2D eigenvalue weighted by Gasteiger charge is 2.60. The molecule has 3 heterocycles. The largest absolute Gasteiger partial charge is 0.497 e. The van der Waals surface area contributed by atoms with E-state index < -0.39 is 5.85 Å². The van der Waals surface area contributed by atoms with Crippen LogP contribution < -0.4 is 14.4 Å². The van der Waals surface area contributed by atoms with Gasteiger partial charge in [-0.05, 0) is 48.0 Å². The van der Waals surface area contributed by atoms with Crippen LogP contribution in [0.25, 0.3) is 0 Å². The minimum Gasteiger partial charge on any atom is -0.497 e. The molecule has 1 spiro atoms. The van der Waals surface area contributed by atoms with Gasteiger partial charge in [0.25, 0.3) is 11.1 Å². The fourth-order valence-corrected chi connectivity index (χ4v) is 5.67. The first kappa shape index (κ1) is 19.3. The summed E-state index contributed by atoms with van der Waals surface area (Å²) in [6, 6.07) is 25.7. The second-order valence-corrected chi connectivity index (χ2v) is 8.87. The van der Waals surface area contributed by atoms with Crippen LogP contribution in [0.3, 0.4) is 0 Å². The number of hydrazone groups is 1. The number of amides is 1. The average molecular weight is 444 g/mol. The van der Waals surface area contributed by atoms with E-state index in [1.54, 1.807) is 12.0 Å². The Hall–Kier alpha value is -3.45. The van der Waals surface area contributed by atoms with Crippen LogP contribution in [0.15, 0.2) is 84.0 Å². The van der Waals surface area contributed by atoms with Crippen molar-refractivity contribution in [1.29, 1.82) is 0 Å². The number of thioether (sulfide) groups is 1. The summed E-state index contributed by atoms with van der Waals surface area (Å²) in [5, 5.41) is 7.02. The molecule has 6 rings (SSSR count). The van der Waals surface area contributed by atoms with E-state index in [1.165, 1.54) is 11.8 Å². The molecule has 0 N–H and O–H groups in total. The van der Waals surface area contributed by atoms with Crippen molar-refractivity contribution in [2.45, 2.75) is 18.3 Å². The second-order valence-electron chi connectivity index (χ2n) is 7.95. The minimum absolute atomic E-state index is 0.0187. The molecule has 6 nitrogen and oxygen atoms in total. The number of ether oxygens (including phenoxy) is 2. The molecule has 3 aromatic carbocycles.